The second-order valence-electron chi connectivity index (χ2n) is 4.45. The van der Waals surface area contributed by atoms with E-state index in [1.54, 1.807) is 0 Å². The third kappa shape index (κ3) is 6.94. The average Bonchev–Trinajstić information content (AvgIpc) is 3.17. The third-order valence-electron chi connectivity index (χ3n) is 2.83. The van der Waals surface area contributed by atoms with E-state index in [0.717, 1.165) is 12.1 Å². The second kappa shape index (κ2) is 9.53. The topological polar surface area (TPSA) is 50.9 Å². The van der Waals surface area contributed by atoms with Crippen molar-refractivity contribution in [2.75, 3.05) is 13.6 Å². The molecule has 0 amide bonds. The first-order valence-corrected chi connectivity index (χ1v) is 6.71. The van der Waals surface area contributed by atoms with Crippen molar-refractivity contribution in [3.8, 4) is 0 Å². The van der Waals surface area contributed by atoms with Crippen molar-refractivity contribution < 1.29 is 14.3 Å². The quantitative estimate of drug-likeness (QED) is 0.606. The molecule has 1 aliphatic heterocycles. The highest BCUT2D eigenvalue weighted by molar-refractivity contribution is 5.37. The molecule has 0 aliphatic carbocycles. The van der Waals surface area contributed by atoms with E-state index < -0.39 is 0 Å². The Morgan fingerprint density at radius 1 is 1.32 bits per heavy atom. The van der Waals surface area contributed by atoms with Crippen molar-refractivity contribution in [1.82, 2.24) is 5.32 Å². The molecule has 2 unspecified atom stereocenters. The van der Waals surface area contributed by atoms with Crippen LogP contribution in [0, 0.1) is 0 Å². The van der Waals surface area contributed by atoms with Gasteiger partial charge in [0.1, 0.15) is 6.61 Å². The van der Waals surface area contributed by atoms with Crippen LogP contribution in [0.4, 0.5) is 0 Å². The summed E-state index contributed by atoms with van der Waals surface area (Å²) in [4.78, 5) is 9.76. The number of ether oxygens (including phenoxy) is 2. The minimum Gasteiger partial charge on any atom is -0.463 e. The maximum atomic E-state index is 9.76. The molecule has 1 fully saturated rings. The van der Waals surface area contributed by atoms with Crippen molar-refractivity contribution in [2.45, 2.75) is 38.6 Å². The number of benzene rings is 1. The Bertz CT molecular complexity index is 333. The number of epoxide rings is 1. The van der Waals surface area contributed by atoms with Gasteiger partial charge in [-0.15, -0.1) is 0 Å². The summed E-state index contributed by atoms with van der Waals surface area (Å²) in [5, 5.41) is 3.09. The molecule has 0 aromatic heterocycles. The highest BCUT2D eigenvalue weighted by atomic mass is 16.6. The lowest BCUT2D eigenvalue weighted by Crippen LogP contribution is -2.15. The minimum absolute atomic E-state index is 0.365. The van der Waals surface area contributed by atoms with E-state index in [1.807, 2.05) is 37.4 Å². The molecule has 1 N–H and O–H groups in total. The fraction of sp³-hybridized carbons (Fsp3) is 0.533. The lowest BCUT2D eigenvalue weighted by molar-refractivity contribution is -0.129. The zero-order valence-corrected chi connectivity index (χ0v) is 11.7. The Kier molecular flexibility index (Phi) is 7.86. The first-order chi connectivity index (χ1) is 9.31. The first kappa shape index (κ1) is 15.7. The largest absolute Gasteiger partial charge is 0.463 e. The minimum atomic E-state index is 0.365. The van der Waals surface area contributed by atoms with Crippen LogP contribution in [0.3, 0.4) is 0 Å². The number of hydrogen-bond donors (Lipinski definition) is 1. The van der Waals surface area contributed by atoms with E-state index in [4.69, 9.17) is 4.74 Å². The van der Waals surface area contributed by atoms with Gasteiger partial charge in [-0.2, -0.15) is 0 Å². The maximum Gasteiger partial charge on any atom is 0.293 e. The van der Waals surface area contributed by atoms with E-state index in [9.17, 15) is 4.79 Å². The predicted octanol–water partition coefficient (Wildman–Crippen LogP) is 2.13. The van der Waals surface area contributed by atoms with E-state index in [0.29, 0.717) is 25.3 Å². The summed E-state index contributed by atoms with van der Waals surface area (Å²) in [7, 11) is 1.96. The zero-order chi connectivity index (χ0) is 13.9. The zero-order valence-electron chi connectivity index (χ0n) is 11.7. The summed E-state index contributed by atoms with van der Waals surface area (Å²) in [6.07, 6.45) is 3.56. The van der Waals surface area contributed by atoms with Gasteiger partial charge in [-0.25, -0.2) is 0 Å². The van der Waals surface area contributed by atoms with Gasteiger partial charge in [0.05, 0.1) is 12.2 Å². The molecule has 2 rings (SSSR count). The molecule has 0 spiro atoms. The van der Waals surface area contributed by atoms with Crippen molar-refractivity contribution in [2.24, 2.45) is 0 Å². The van der Waals surface area contributed by atoms with E-state index in [-0.39, 0.29) is 0 Å². The molecular formula is C15H23NO3. The van der Waals surface area contributed by atoms with Crippen LogP contribution in [0.2, 0.25) is 0 Å². The fourth-order valence-electron chi connectivity index (χ4n) is 1.80. The molecular weight excluding hydrogens is 242 g/mol. The summed E-state index contributed by atoms with van der Waals surface area (Å²) in [6, 6.07) is 9.55. The van der Waals surface area contributed by atoms with Crippen LogP contribution in [0.1, 0.15) is 25.3 Å². The van der Waals surface area contributed by atoms with Gasteiger partial charge < -0.3 is 14.8 Å². The number of nitrogens with one attached hydrogen (secondary N) is 1. The Labute approximate surface area is 115 Å². The van der Waals surface area contributed by atoms with Crippen LogP contribution in [0.15, 0.2) is 30.3 Å². The number of rotatable bonds is 7. The van der Waals surface area contributed by atoms with Gasteiger partial charge in [0, 0.05) is 6.54 Å². The highest BCUT2D eigenvalue weighted by Gasteiger charge is 2.36. The van der Waals surface area contributed by atoms with Gasteiger partial charge in [0.2, 0.25) is 0 Å². The van der Waals surface area contributed by atoms with Gasteiger partial charge >= 0.3 is 0 Å². The van der Waals surface area contributed by atoms with Crippen LogP contribution in [0.25, 0.3) is 0 Å². The van der Waals surface area contributed by atoms with Gasteiger partial charge in [0.25, 0.3) is 6.47 Å². The molecule has 0 bridgehead atoms. The molecule has 2 atom stereocenters. The van der Waals surface area contributed by atoms with Gasteiger partial charge in [-0.1, -0.05) is 43.7 Å². The SMILES string of the molecule is CCCC1OC1CNC.O=COCc1ccccc1. The average molecular weight is 265 g/mol. The van der Waals surface area contributed by atoms with E-state index >= 15 is 0 Å². The lowest BCUT2D eigenvalue weighted by atomic mass is 10.2. The third-order valence-corrected chi connectivity index (χ3v) is 2.83. The Morgan fingerprint density at radius 2 is 2.05 bits per heavy atom. The second-order valence-corrected chi connectivity index (χ2v) is 4.45. The van der Waals surface area contributed by atoms with Crippen LogP contribution >= 0.6 is 0 Å². The number of hydrogen-bond acceptors (Lipinski definition) is 4. The van der Waals surface area contributed by atoms with Crippen molar-refractivity contribution in [1.29, 1.82) is 0 Å². The summed E-state index contributed by atoms with van der Waals surface area (Å²) in [5.74, 6) is 0. The monoisotopic (exact) mass is 265 g/mol. The van der Waals surface area contributed by atoms with Crippen LogP contribution in [-0.4, -0.2) is 32.3 Å². The van der Waals surface area contributed by atoms with E-state index in [1.165, 1.54) is 12.8 Å². The van der Waals surface area contributed by atoms with Crippen molar-refractivity contribution in [3.63, 3.8) is 0 Å². The molecule has 0 saturated carbocycles. The Hall–Kier alpha value is -1.39. The lowest BCUT2D eigenvalue weighted by Gasteiger charge is -1.95. The van der Waals surface area contributed by atoms with Gasteiger partial charge in [-0.3, -0.25) is 4.79 Å². The molecule has 19 heavy (non-hydrogen) atoms. The first-order valence-electron chi connectivity index (χ1n) is 6.71. The van der Waals surface area contributed by atoms with Gasteiger partial charge in [0.15, 0.2) is 0 Å². The highest BCUT2D eigenvalue weighted by Crippen LogP contribution is 2.25. The summed E-state index contributed by atoms with van der Waals surface area (Å²) < 4.78 is 9.87. The molecule has 1 heterocycles. The van der Waals surface area contributed by atoms with Crippen molar-refractivity contribution in [3.05, 3.63) is 35.9 Å². The van der Waals surface area contributed by atoms with Gasteiger partial charge in [-0.05, 0) is 19.0 Å². The maximum absolute atomic E-state index is 9.76. The fourth-order valence-corrected chi connectivity index (χ4v) is 1.80. The number of carbonyl (C=O) groups excluding carboxylic acids is 1. The summed E-state index contributed by atoms with van der Waals surface area (Å²) in [6.45, 7) is 4.03. The molecule has 1 aliphatic rings. The molecule has 0 radical (unpaired) electrons. The standard InChI is InChI=1S/C8H8O2.C7H15NO/c9-7-10-6-8-4-2-1-3-5-8;1-3-4-6-7(9-6)5-8-2/h1-5,7H,6H2;6-8H,3-5H2,1-2H3. The number of carbonyl (C=O) groups is 1. The summed E-state index contributed by atoms with van der Waals surface area (Å²) >= 11 is 0. The molecule has 4 heteroatoms. The molecule has 1 aromatic rings. The summed E-state index contributed by atoms with van der Waals surface area (Å²) in [5.41, 5.74) is 1.01. The number of likely N-dealkylation sites (N-methyl/N-ethyl adjacent to an activating group) is 1. The predicted molar refractivity (Wildman–Crippen MR) is 74.8 cm³/mol. The molecule has 4 nitrogen and oxygen atoms in total. The van der Waals surface area contributed by atoms with Crippen LogP contribution in [0.5, 0.6) is 0 Å². The Morgan fingerprint density at radius 3 is 2.63 bits per heavy atom. The molecule has 1 saturated heterocycles. The smallest absolute Gasteiger partial charge is 0.293 e. The molecule has 1 aromatic carbocycles. The normalized spacial score (nSPS) is 20.1. The Balaban J connectivity index is 0.000000191. The van der Waals surface area contributed by atoms with Crippen molar-refractivity contribution >= 4 is 6.47 Å². The van der Waals surface area contributed by atoms with Crippen LogP contribution in [-0.2, 0) is 20.9 Å². The van der Waals surface area contributed by atoms with E-state index in [2.05, 4.69) is 17.0 Å². The molecule has 106 valence electrons. The van der Waals surface area contributed by atoms with Crippen LogP contribution < -0.4 is 5.32 Å².